The minimum atomic E-state index is -0.214. The number of methoxy groups -OCH3 is 1. The van der Waals surface area contributed by atoms with Gasteiger partial charge in [0, 0.05) is 18.7 Å². The predicted octanol–water partition coefficient (Wildman–Crippen LogP) is 4.28. The molecule has 2 aromatic carbocycles. The summed E-state index contributed by atoms with van der Waals surface area (Å²) in [5.41, 5.74) is 4.56. The summed E-state index contributed by atoms with van der Waals surface area (Å²) in [5.74, 6) is 1.32. The molecule has 29 heavy (non-hydrogen) atoms. The van der Waals surface area contributed by atoms with Gasteiger partial charge in [0.2, 0.25) is 5.91 Å². The Bertz CT molecular complexity index is 1020. The third-order valence-electron chi connectivity index (χ3n) is 4.64. The number of aryl methyl sites for hydroxylation is 2. The molecule has 1 N–H and O–H groups in total. The van der Waals surface area contributed by atoms with Crippen LogP contribution in [0.25, 0.3) is 6.08 Å². The highest BCUT2D eigenvalue weighted by Gasteiger charge is 2.07. The van der Waals surface area contributed by atoms with E-state index in [0.717, 1.165) is 28.3 Å². The second kappa shape index (κ2) is 9.10. The molecule has 0 radical (unpaired) electrons. The third kappa shape index (κ3) is 5.25. The van der Waals surface area contributed by atoms with E-state index in [4.69, 9.17) is 9.47 Å². The average Bonchev–Trinajstić information content (AvgIpc) is 3.04. The van der Waals surface area contributed by atoms with Gasteiger partial charge in [0.15, 0.2) is 0 Å². The van der Waals surface area contributed by atoms with Crippen LogP contribution in [0.3, 0.4) is 0 Å². The molecule has 1 heterocycles. The molecule has 3 rings (SSSR count). The van der Waals surface area contributed by atoms with Gasteiger partial charge in [-0.15, -0.1) is 0 Å². The lowest BCUT2D eigenvalue weighted by atomic mass is 10.1. The Hall–Kier alpha value is -3.54. The highest BCUT2D eigenvalue weighted by atomic mass is 16.5. The van der Waals surface area contributed by atoms with Crippen LogP contribution >= 0.6 is 0 Å². The van der Waals surface area contributed by atoms with Gasteiger partial charge in [-0.3, -0.25) is 9.48 Å². The molecule has 0 aliphatic heterocycles. The Morgan fingerprint density at radius 3 is 2.59 bits per heavy atom. The Balaban J connectivity index is 1.68. The molecule has 1 amide bonds. The van der Waals surface area contributed by atoms with E-state index in [1.165, 1.54) is 11.6 Å². The van der Waals surface area contributed by atoms with Gasteiger partial charge in [0.05, 0.1) is 24.7 Å². The van der Waals surface area contributed by atoms with Crippen LogP contribution in [0.2, 0.25) is 0 Å². The summed E-state index contributed by atoms with van der Waals surface area (Å²) in [5, 5.41) is 6.95. The Kier molecular flexibility index (Phi) is 6.34. The smallest absolute Gasteiger partial charge is 0.248 e. The molecule has 0 bridgehead atoms. The first-order chi connectivity index (χ1) is 14.0. The summed E-state index contributed by atoms with van der Waals surface area (Å²) >= 11 is 0. The molecule has 6 nitrogen and oxygen atoms in total. The van der Waals surface area contributed by atoms with Crippen molar-refractivity contribution in [2.24, 2.45) is 7.05 Å². The first kappa shape index (κ1) is 20.2. The van der Waals surface area contributed by atoms with Gasteiger partial charge in [-0.25, -0.2) is 0 Å². The Morgan fingerprint density at radius 1 is 1.17 bits per heavy atom. The lowest BCUT2D eigenvalue weighted by Gasteiger charge is -2.11. The Morgan fingerprint density at radius 2 is 1.93 bits per heavy atom. The van der Waals surface area contributed by atoms with Crippen molar-refractivity contribution in [3.63, 3.8) is 0 Å². The van der Waals surface area contributed by atoms with Crippen molar-refractivity contribution in [2.75, 3.05) is 12.4 Å². The molecule has 3 aromatic rings. The molecule has 6 heteroatoms. The number of carbonyl (C=O) groups excluding carboxylic acids is 1. The summed E-state index contributed by atoms with van der Waals surface area (Å²) in [6.45, 7) is 4.31. The number of carbonyl (C=O) groups is 1. The topological polar surface area (TPSA) is 65.4 Å². The molecule has 0 saturated heterocycles. The maximum Gasteiger partial charge on any atom is 0.248 e. The molecule has 0 aliphatic carbocycles. The van der Waals surface area contributed by atoms with E-state index in [1.807, 2.05) is 63.4 Å². The summed E-state index contributed by atoms with van der Waals surface area (Å²) in [4.78, 5) is 12.2. The lowest BCUT2D eigenvalue weighted by molar-refractivity contribution is -0.111. The zero-order valence-corrected chi connectivity index (χ0v) is 17.1. The van der Waals surface area contributed by atoms with Crippen LogP contribution in [0, 0.1) is 13.8 Å². The molecule has 0 atom stereocenters. The van der Waals surface area contributed by atoms with Gasteiger partial charge < -0.3 is 14.8 Å². The minimum absolute atomic E-state index is 0.214. The highest BCUT2D eigenvalue weighted by Crippen LogP contribution is 2.23. The first-order valence-electron chi connectivity index (χ1n) is 9.30. The molecular formula is C23H25N3O3. The van der Waals surface area contributed by atoms with Crippen LogP contribution < -0.4 is 14.8 Å². The fourth-order valence-electron chi connectivity index (χ4n) is 2.78. The number of nitrogens with zero attached hydrogens (tertiary/aromatic N) is 2. The number of amides is 1. The number of hydrogen-bond donors (Lipinski definition) is 1. The van der Waals surface area contributed by atoms with E-state index in [1.54, 1.807) is 24.1 Å². The van der Waals surface area contributed by atoms with Crippen LogP contribution in [0.15, 0.2) is 54.7 Å². The second-order valence-corrected chi connectivity index (χ2v) is 6.76. The van der Waals surface area contributed by atoms with Crippen molar-refractivity contribution in [3.05, 3.63) is 77.1 Å². The molecule has 0 aliphatic rings. The van der Waals surface area contributed by atoms with E-state index in [-0.39, 0.29) is 5.91 Å². The van der Waals surface area contributed by atoms with Crippen LogP contribution in [0.1, 0.15) is 22.4 Å². The number of anilines is 1. The van der Waals surface area contributed by atoms with Crippen molar-refractivity contribution in [1.29, 1.82) is 0 Å². The van der Waals surface area contributed by atoms with E-state index < -0.39 is 0 Å². The van der Waals surface area contributed by atoms with Gasteiger partial charge >= 0.3 is 0 Å². The van der Waals surface area contributed by atoms with E-state index in [9.17, 15) is 4.79 Å². The van der Waals surface area contributed by atoms with Crippen LogP contribution in [0.4, 0.5) is 5.69 Å². The monoisotopic (exact) mass is 391 g/mol. The summed E-state index contributed by atoms with van der Waals surface area (Å²) in [7, 11) is 3.46. The van der Waals surface area contributed by atoms with Gasteiger partial charge in [-0.2, -0.15) is 5.10 Å². The van der Waals surface area contributed by atoms with E-state index in [2.05, 4.69) is 10.4 Å². The molecular weight excluding hydrogens is 366 g/mol. The van der Waals surface area contributed by atoms with Crippen molar-refractivity contribution < 1.29 is 14.3 Å². The van der Waals surface area contributed by atoms with Gasteiger partial charge in [-0.05, 0) is 49.8 Å². The summed E-state index contributed by atoms with van der Waals surface area (Å²) < 4.78 is 13.0. The zero-order valence-electron chi connectivity index (χ0n) is 17.1. The van der Waals surface area contributed by atoms with Crippen molar-refractivity contribution in [2.45, 2.75) is 20.5 Å². The van der Waals surface area contributed by atoms with Crippen LogP contribution in [0.5, 0.6) is 11.5 Å². The number of benzene rings is 2. The highest BCUT2D eigenvalue weighted by molar-refractivity contribution is 6.02. The van der Waals surface area contributed by atoms with Gasteiger partial charge in [-0.1, -0.05) is 23.8 Å². The van der Waals surface area contributed by atoms with Crippen LogP contribution in [-0.2, 0) is 18.4 Å². The SMILES string of the molecule is COc1ccc(/C=C/C(=O)Nc2cnn(C)c2C)cc1COc1ccc(C)cc1. The van der Waals surface area contributed by atoms with Crippen molar-refractivity contribution >= 4 is 17.7 Å². The number of hydrogen-bond acceptors (Lipinski definition) is 4. The van der Waals surface area contributed by atoms with Crippen molar-refractivity contribution in [3.8, 4) is 11.5 Å². The second-order valence-electron chi connectivity index (χ2n) is 6.76. The van der Waals surface area contributed by atoms with E-state index in [0.29, 0.717) is 12.3 Å². The van der Waals surface area contributed by atoms with Gasteiger partial charge in [0.1, 0.15) is 18.1 Å². The first-order valence-corrected chi connectivity index (χ1v) is 9.30. The molecule has 150 valence electrons. The largest absolute Gasteiger partial charge is 0.496 e. The lowest BCUT2D eigenvalue weighted by Crippen LogP contribution is -2.08. The van der Waals surface area contributed by atoms with E-state index >= 15 is 0 Å². The molecule has 0 fully saturated rings. The average molecular weight is 391 g/mol. The predicted molar refractivity (Wildman–Crippen MR) is 114 cm³/mol. The maximum atomic E-state index is 12.2. The van der Waals surface area contributed by atoms with Crippen LogP contribution in [-0.4, -0.2) is 22.8 Å². The zero-order chi connectivity index (χ0) is 20.8. The quantitative estimate of drug-likeness (QED) is 0.611. The molecule has 0 unspecified atom stereocenters. The summed E-state index contributed by atoms with van der Waals surface area (Å²) in [6, 6.07) is 13.6. The normalized spacial score (nSPS) is 10.9. The maximum absolute atomic E-state index is 12.2. The molecule has 1 aromatic heterocycles. The number of aromatic nitrogens is 2. The third-order valence-corrected chi connectivity index (χ3v) is 4.64. The summed E-state index contributed by atoms with van der Waals surface area (Å²) in [6.07, 6.45) is 4.89. The van der Waals surface area contributed by atoms with Crippen molar-refractivity contribution in [1.82, 2.24) is 9.78 Å². The fraction of sp³-hybridized carbons (Fsp3) is 0.217. The molecule has 0 saturated carbocycles. The standard InChI is InChI=1S/C23H25N3O3/c1-16-5-9-20(10-6-16)29-15-19-13-18(7-11-22(19)28-4)8-12-23(27)25-21-14-24-26(3)17(21)2/h5-14H,15H2,1-4H3,(H,25,27)/b12-8+. The molecule has 0 spiro atoms. The Labute approximate surface area is 170 Å². The number of nitrogens with one attached hydrogen (secondary N) is 1. The number of ether oxygens (including phenoxy) is 2. The minimum Gasteiger partial charge on any atom is -0.496 e. The number of rotatable bonds is 7. The fourth-order valence-corrected chi connectivity index (χ4v) is 2.78. The van der Waals surface area contributed by atoms with Gasteiger partial charge in [0.25, 0.3) is 0 Å².